The third-order valence-electron chi connectivity index (χ3n) is 6.88. The number of carbonyl (C=O) groups excluding carboxylic acids is 1. The van der Waals surface area contributed by atoms with Gasteiger partial charge in [0.2, 0.25) is 5.91 Å². The Morgan fingerprint density at radius 1 is 1.03 bits per heavy atom. The summed E-state index contributed by atoms with van der Waals surface area (Å²) in [6.07, 6.45) is 5.22. The minimum absolute atomic E-state index is 0.224. The average Bonchev–Trinajstić information content (AvgIpc) is 3.18. The Balaban J connectivity index is 1.20. The van der Waals surface area contributed by atoms with E-state index in [0.29, 0.717) is 6.42 Å². The average molecular weight is 421 g/mol. The van der Waals surface area contributed by atoms with Gasteiger partial charge in [-0.2, -0.15) is 0 Å². The van der Waals surface area contributed by atoms with Crippen molar-refractivity contribution in [3.05, 3.63) is 46.7 Å². The fraction of sp³-hybridized carbons (Fsp3) is 0.542. The number of hydrogen-bond donors (Lipinski definition) is 1. The molecule has 1 N–H and O–H groups in total. The number of fused-ring (bicyclic) bond motifs is 2. The summed E-state index contributed by atoms with van der Waals surface area (Å²) in [4.78, 5) is 20.9. The number of rotatable bonds is 4. The van der Waals surface area contributed by atoms with E-state index in [1.807, 2.05) is 4.90 Å². The second-order valence-electron chi connectivity index (χ2n) is 9.11. The van der Waals surface area contributed by atoms with Crippen LogP contribution < -0.4 is 0 Å². The first-order valence-electron chi connectivity index (χ1n) is 11.6. The maximum absolute atomic E-state index is 13.1. The second kappa shape index (κ2) is 8.46. The van der Waals surface area contributed by atoms with Crippen LogP contribution in [0, 0.1) is 13.8 Å². The third-order valence-corrected chi connectivity index (χ3v) is 6.88. The first kappa shape index (κ1) is 20.2. The topological polar surface area (TPSA) is 70.1 Å². The van der Waals surface area contributed by atoms with Crippen molar-refractivity contribution in [2.45, 2.75) is 59.0 Å². The van der Waals surface area contributed by atoms with E-state index in [1.165, 1.54) is 30.2 Å². The van der Waals surface area contributed by atoms with E-state index in [2.05, 4.69) is 56.7 Å². The number of H-pyrrole nitrogens is 1. The highest BCUT2D eigenvalue weighted by Gasteiger charge is 2.24. The minimum Gasteiger partial charge on any atom is -0.358 e. The molecule has 3 aromatic rings. The van der Waals surface area contributed by atoms with Gasteiger partial charge in [-0.05, 0) is 44.4 Å². The summed E-state index contributed by atoms with van der Waals surface area (Å²) < 4.78 is 2.33. The molecule has 0 saturated carbocycles. The fourth-order valence-electron chi connectivity index (χ4n) is 5.00. The molecule has 4 heterocycles. The van der Waals surface area contributed by atoms with Crippen LogP contribution in [-0.2, 0) is 30.7 Å². The van der Waals surface area contributed by atoms with Crippen LogP contribution in [0.3, 0.4) is 0 Å². The van der Waals surface area contributed by atoms with Gasteiger partial charge < -0.3 is 14.5 Å². The van der Waals surface area contributed by atoms with E-state index in [9.17, 15) is 4.79 Å². The molecule has 7 heteroatoms. The van der Waals surface area contributed by atoms with Crippen LogP contribution in [0.1, 0.15) is 47.7 Å². The molecule has 1 saturated heterocycles. The minimum atomic E-state index is 0.224. The molecule has 2 aromatic heterocycles. The lowest BCUT2D eigenvalue weighted by Crippen LogP contribution is -2.49. The number of aromatic amines is 1. The van der Waals surface area contributed by atoms with Crippen molar-refractivity contribution < 1.29 is 4.79 Å². The number of carbonyl (C=O) groups is 1. The Bertz CT molecular complexity index is 1090. The molecule has 1 fully saturated rings. The summed E-state index contributed by atoms with van der Waals surface area (Å²) in [5, 5.41) is 10.1. The molecule has 1 amide bonds. The molecule has 2 aliphatic rings. The van der Waals surface area contributed by atoms with Crippen molar-refractivity contribution in [1.29, 1.82) is 0 Å². The van der Waals surface area contributed by atoms with Crippen LogP contribution in [0.2, 0.25) is 0 Å². The van der Waals surface area contributed by atoms with Crippen molar-refractivity contribution in [2.75, 3.05) is 26.2 Å². The monoisotopic (exact) mass is 420 g/mol. The van der Waals surface area contributed by atoms with E-state index in [0.717, 1.165) is 74.1 Å². The molecule has 31 heavy (non-hydrogen) atoms. The molecule has 0 bridgehead atoms. The molecule has 1 aromatic carbocycles. The molecule has 164 valence electrons. The van der Waals surface area contributed by atoms with Crippen molar-refractivity contribution in [3.63, 3.8) is 0 Å². The first-order valence-corrected chi connectivity index (χ1v) is 11.6. The zero-order valence-corrected chi connectivity index (χ0v) is 18.7. The highest BCUT2D eigenvalue weighted by Crippen LogP contribution is 2.24. The van der Waals surface area contributed by atoms with Gasteiger partial charge in [0, 0.05) is 55.7 Å². The summed E-state index contributed by atoms with van der Waals surface area (Å²) in [6.45, 7) is 9.37. The lowest BCUT2D eigenvalue weighted by Gasteiger charge is -2.34. The number of hydrogen-bond acceptors (Lipinski definition) is 4. The van der Waals surface area contributed by atoms with Crippen LogP contribution in [0.15, 0.2) is 18.2 Å². The van der Waals surface area contributed by atoms with Crippen molar-refractivity contribution in [3.8, 4) is 0 Å². The molecule has 0 spiro atoms. The molecule has 5 rings (SSSR count). The highest BCUT2D eigenvalue weighted by atomic mass is 16.2. The lowest BCUT2D eigenvalue weighted by atomic mass is 10.0. The second-order valence-corrected chi connectivity index (χ2v) is 9.11. The Labute approximate surface area is 183 Å². The van der Waals surface area contributed by atoms with Crippen LogP contribution in [0.25, 0.3) is 10.9 Å². The molecule has 0 radical (unpaired) electrons. The largest absolute Gasteiger partial charge is 0.358 e. The highest BCUT2D eigenvalue weighted by molar-refractivity contribution is 5.90. The van der Waals surface area contributed by atoms with E-state index in [1.54, 1.807) is 0 Å². The van der Waals surface area contributed by atoms with E-state index >= 15 is 0 Å². The summed E-state index contributed by atoms with van der Waals surface area (Å²) in [6, 6.07) is 6.40. The summed E-state index contributed by atoms with van der Waals surface area (Å²) >= 11 is 0. The van der Waals surface area contributed by atoms with Gasteiger partial charge in [0.1, 0.15) is 11.6 Å². The number of nitrogens with zero attached hydrogens (tertiary/aromatic N) is 5. The first-order chi connectivity index (χ1) is 15.1. The molecular formula is C24H32N6O. The van der Waals surface area contributed by atoms with Gasteiger partial charge in [0.05, 0.1) is 13.0 Å². The van der Waals surface area contributed by atoms with Gasteiger partial charge in [-0.1, -0.05) is 18.1 Å². The molecule has 2 aliphatic heterocycles. The number of benzene rings is 1. The SMILES string of the molecule is Cc1ccc2[nH]c(C)c(CC(=O)N3CCN(Cc4nnc5n4CCCCC5)CC3)c2c1. The fourth-order valence-corrected chi connectivity index (χ4v) is 5.00. The van der Waals surface area contributed by atoms with Crippen LogP contribution >= 0.6 is 0 Å². The number of aryl methyl sites for hydroxylation is 3. The van der Waals surface area contributed by atoms with Crippen molar-refractivity contribution in [1.82, 2.24) is 29.5 Å². The predicted octanol–water partition coefficient (Wildman–Crippen LogP) is 2.99. The molecular weight excluding hydrogens is 388 g/mol. The van der Waals surface area contributed by atoms with E-state index < -0.39 is 0 Å². The normalized spacial score (nSPS) is 17.7. The van der Waals surface area contributed by atoms with Gasteiger partial charge in [0.25, 0.3) is 0 Å². The van der Waals surface area contributed by atoms with Gasteiger partial charge in [-0.15, -0.1) is 10.2 Å². The van der Waals surface area contributed by atoms with Crippen LogP contribution in [0.4, 0.5) is 0 Å². The van der Waals surface area contributed by atoms with Crippen molar-refractivity contribution >= 4 is 16.8 Å². The number of aromatic nitrogens is 4. The summed E-state index contributed by atoms with van der Waals surface area (Å²) in [5.41, 5.74) is 4.57. The number of piperazine rings is 1. The van der Waals surface area contributed by atoms with Gasteiger partial charge in [-0.3, -0.25) is 9.69 Å². The Morgan fingerprint density at radius 3 is 2.71 bits per heavy atom. The van der Waals surface area contributed by atoms with Crippen LogP contribution in [-0.4, -0.2) is 61.6 Å². The summed E-state index contributed by atoms with van der Waals surface area (Å²) in [7, 11) is 0. The number of nitrogens with one attached hydrogen (secondary N) is 1. The number of amides is 1. The Morgan fingerprint density at radius 2 is 1.87 bits per heavy atom. The van der Waals surface area contributed by atoms with Gasteiger partial charge in [0.15, 0.2) is 0 Å². The molecule has 0 unspecified atom stereocenters. The summed E-state index contributed by atoms with van der Waals surface area (Å²) in [5.74, 6) is 2.45. The maximum Gasteiger partial charge on any atom is 0.227 e. The zero-order valence-electron chi connectivity index (χ0n) is 18.7. The van der Waals surface area contributed by atoms with Gasteiger partial charge >= 0.3 is 0 Å². The molecule has 7 nitrogen and oxygen atoms in total. The standard InChI is InChI=1S/C24H32N6O/c1-17-7-8-21-20(14-17)19(18(2)25-21)15-24(31)29-12-10-28(11-13-29)16-23-27-26-22-6-4-3-5-9-30(22)23/h7-8,14,25H,3-6,9-13,15-16H2,1-2H3. The van der Waals surface area contributed by atoms with Crippen LogP contribution in [0.5, 0.6) is 0 Å². The van der Waals surface area contributed by atoms with E-state index in [-0.39, 0.29) is 5.91 Å². The van der Waals surface area contributed by atoms with E-state index in [4.69, 9.17) is 0 Å². The Kier molecular flexibility index (Phi) is 5.52. The Hall–Kier alpha value is -2.67. The zero-order chi connectivity index (χ0) is 21.4. The third kappa shape index (κ3) is 4.11. The molecule has 0 aliphatic carbocycles. The smallest absolute Gasteiger partial charge is 0.227 e. The maximum atomic E-state index is 13.1. The van der Waals surface area contributed by atoms with Crippen molar-refractivity contribution in [2.24, 2.45) is 0 Å². The van der Waals surface area contributed by atoms with Gasteiger partial charge in [-0.25, -0.2) is 0 Å². The lowest BCUT2D eigenvalue weighted by molar-refractivity contribution is -0.132. The quantitative estimate of drug-likeness (QED) is 0.704. The molecule has 0 atom stereocenters. The predicted molar refractivity (Wildman–Crippen MR) is 121 cm³/mol.